The summed E-state index contributed by atoms with van der Waals surface area (Å²) in [5.74, 6) is 2.88. The maximum atomic E-state index is 6.19. The number of hydrogen-bond donors (Lipinski definition) is 2. The summed E-state index contributed by atoms with van der Waals surface area (Å²) >= 11 is 0. The Labute approximate surface area is 180 Å². The van der Waals surface area contributed by atoms with E-state index in [-0.39, 0.29) is 5.41 Å². The largest absolute Gasteiger partial charge is 0.493 e. The van der Waals surface area contributed by atoms with Crippen LogP contribution in [0.4, 0.5) is 0 Å². The van der Waals surface area contributed by atoms with Crippen molar-refractivity contribution in [2.45, 2.75) is 59.2 Å². The van der Waals surface area contributed by atoms with Gasteiger partial charge in [0.15, 0.2) is 5.96 Å². The van der Waals surface area contributed by atoms with Crippen LogP contribution < -0.4 is 15.4 Å². The van der Waals surface area contributed by atoms with Crippen LogP contribution in [0.15, 0.2) is 23.2 Å². The summed E-state index contributed by atoms with van der Waals surface area (Å²) < 4.78 is 17.6. The van der Waals surface area contributed by atoms with Gasteiger partial charge in [-0.1, -0.05) is 26.0 Å². The standard InChI is InChI=1S/C24H37N3O3/c1-5-25-23(27-21-19-9-11-29-22(19)24(21,3)4)26-13-18-7-6-16(2)12-20(18)30-15-17-8-10-28-14-17/h6-7,12,17,19,21-22H,5,8-11,13-15H2,1-4H3,(H2,25,26,27). The second-order valence-corrected chi connectivity index (χ2v) is 9.53. The molecule has 1 aliphatic carbocycles. The smallest absolute Gasteiger partial charge is 0.191 e. The van der Waals surface area contributed by atoms with Gasteiger partial charge in [-0.15, -0.1) is 0 Å². The molecule has 6 heteroatoms. The molecule has 0 spiro atoms. The highest BCUT2D eigenvalue weighted by Crippen LogP contribution is 2.52. The van der Waals surface area contributed by atoms with E-state index in [1.165, 1.54) is 5.56 Å². The minimum atomic E-state index is 0.124. The highest BCUT2D eigenvalue weighted by atomic mass is 16.5. The first-order valence-electron chi connectivity index (χ1n) is 11.5. The fourth-order valence-electron chi connectivity index (χ4n) is 5.10. The lowest BCUT2D eigenvalue weighted by Gasteiger charge is -2.54. The summed E-state index contributed by atoms with van der Waals surface area (Å²) in [7, 11) is 0. The molecule has 4 atom stereocenters. The lowest BCUT2D eigenvalue weighted by Crippen LogP contribution is -2.67. The van der Waals surface area contributed by atoms with E-state index >= 15 is 0 Å². The zero-order valence-corrected chi connectivity index (χ0v) is 18.9. The first kappa shape index (κ1) is 21.4. The van der Waals surface area contributed by atoms with Crippen molar-refractivity contribution in [3.63, 3.8) is 0 Å². The molecule has 0 radical (unpaired) electrons. The van der Waals surface area contributed by atoms with E-state index in [9.17, 15) is 0 Å². The number of nitrogens with one attached hydrogen (secondary N) is 2. The van der Waals surface area contributed by atoms with Crippen molar-refractivity contribution in [2.75, 3.05) is 33.0 Å². The average molecular weight is 416 g/mol. The number of nitrogens with zero attached hydrogens (tertiary/aromatic N) is 1. The van der Waals surface area contributed by atoms with Crippen LogP contribution in [0.3, 0.4) is 0 Å². The number of aliphatic imine (C=N–C) groups is 1. The molecular weight excluding hydrogens is 378 g/mol. The van der Waals surface area contributed by atoms with Gasteiger partial charge in [0.2, 0.25) is 0 Å². The molecule has 3 aliphatic rings. The van der Waals surface area contributed by atoms with E-state index in [0.717, 1.165) is 56.5 Å². The quantitative estimate of drug-likeness (QED) is 0.529. The molecule has 1 aromatic rings. The van der Waals surface area contributed by atoms with Crippen molar-refractivity contribution < 1.29 is 14.2 Å². The summed E-state index contributed by atoms with van der Waals surface area (Å²) in [6.07, 6.45) is 2.58. The number of aryl methyl sites for hydroxylation is 1. The SMILES string of the molecule is CCNC(=NCc1ccc(C)cc1OCC1CCOC1)NC1C2CCOC2C1(C)C. The zero-order chi connectivity index (χ0) is 21.1. The molecule has 2 saturated heterocycles. The molecule has 3 fully saturated rings. The minimum Gasteiger partial charge on any atom is -0.493 e. The van der Waals surface area contributed by atoms with Gasteiger partial charge in [-0.05, 0) is 38.3 Å². The predicted molar refractivity (Wildman–Crippen MR) is 119 cm³/mol. The van der Waals surface area contributed by atoms with E-state index in [1.54, 1.807) is 0 Å². The average Bonchev–Trinajstić information content (AvgIpc) is 3.40. The molecule has 6 nitrogen and oxygen atoms in total. The van der Waals surface area contributed by atoms with Gasteiger partial charge in [-0.2, -0.15) is 0 Å². The van der Waals surface area contributed by atoms with Crippen LogP contribution in [0, 0.1) is 24.2 Å². The summed E-state index contributed by atoms with van der Waals surface area (Å²) in [5, 5.41) is 7.11. The second-order valence-electron chi connectivity index (χ2n) is 9.53. The number of benzene rings is 1. The maximum absolute atomic E-state index is 6.19. The van der Waals surface area contributed by atoms with Crippen molar-refractivity contribution in [2.24, 2.45) is 22.2 Å². The first-order chi connectivity index (χ1) is 14.5. The third kappa shape index (κ3) is 4.45. The fraction of sp³-hybridized carbons (Fsp3) is 0.708. The van der Waals surface area contributed by atoms with Gasteiger partial charge in [-0.3, -0.25) is 0 Å². The molecule has 2 heterocycles. The van der Waals surface area contributed by atoms with Gasteiger partial charge < -0.3 is 24.8 Å². The summed E-state index contributed by atoms with van der Waals surface area (Å²) in [4.78, 5) is 4.90. The molecule has 30 heavy (non-hydrogen) atoms. The molecule has 166 valence electrons. The van der Waals surface area contributed by atoms with Gasteiger partial charge >= 0.3 is 0 Å². The van der Waals surface area contributed by atoms with E-state index in [4.69, 9.17) is 19.2 Å². The van der Waals surface area contributed by atoms with Crippen molar-refractivity contribution in [1.82, 2.24) is 10.6 Å². The molecule has 2 N–H and O–H groups in total. The molecule has 0 bridgehead atoms. The Balaban J connectivity index is 1.43. The van der Waals surface area contributed by atoms with Crippen LogP contribution in [-0.4, -0.2) is 51.1 Å². The third-order valence-electron chi connectivity index (χ3n) is 6.87. The van der Waals surface area contributed by atoms with Crippen LogP contribution in [0.5, 0.6) is 5.75 Å². The third-order valence-corrected chi connectivity index (χ3v) is 6.87. The van der Waals surface area contributed by atoms with Crippen LogP contribution in [0.1, 0.15) is 44.7 Å². The Bertz CT molecular complexity index is 758. The van der Waals surface area contributed by atoms with E-state index in [1.807, 2.05) is 0 Å². The number of rotatable bonds is 7. The van der Waals surface area contributed by atoms with Crippen molar-refractivity contribution in [3.8, 4) is 5.75 Å². The Kier molecular flexibility index (Phi) is 6.54. The molecule has 0 amide bonds. The molecule has 1 aromatic carbocycles. The van der Waals surface area contributed by atoms with E-state index in [0.29, 0.717) is 37.1 Å². The number of hydrogen-bond acceptors (Lipinski definition) is 4. The minimum absolute atomic E-state index is 0.124. The van der Waals surface area contributed by atoms with Crippen LogP contribution in [0.2, 0.25) is 0 Å². The number of fused-ring (bicyclic) bond motifs is 1. The number of guanidine groups is 1. The lowest BCUT2D eigenvalue weighted by atomic mass is 9.57. The highest BCUT2D eigenvalue weighted by Gasteiger charge is 2.59. The highest BCUT2D eigenvalue weighted by molar-refractivity contribution is 5.80. The van der Waals surface area contributed by atoms with E-state index in [2.05, 4.69) is 56.5 Å². The lowest BCUT2D eigenvalue weighted by molar-refractivity contribution is -0.106. The van der Waals surface area contributed by atoms with Gasteiger partial charge in [0, 0.05) is 48.6 Å². The van der Waals surface area contributed by atoms with Gasteiger partial charge in [0.05, 0.1) is 25.9 Å². The fourth-order valence-corrected chi connectivity index (χ4v) is 5.10. The Morgan fingerprint density at radius 1 is 1.27 bits per heavy atom. The van der Waals surface area contributed by atoms with Crippen molar-refractivity contribution >= 4 is 5.96 Å². The molecular formula is C24H37N3O3. The first-order valence-corrected chi connectivity index (χ1v) is 11.5. The summed E-state index contributed by atoms with van der Waals surface area (Å²) in [5.41, 5.74) is 2.44. The monoisotopic (exact) mass is 415 g/mol. The van der Waals surface area contributed by atoms with Gasteiger partial charge in [0.25, 0.3) is 0 Å². The van der Waals surface area contributed by atoms with Gasteiger partial charge in [0.1, 0.15) is 5.75 Å². The van der Waals surface area contributed by atoms with E-state index < -0.39 is 0 Å². The summed E-state index contributed by atoms with van der Waals surface area (Å²) in [6, 6.07) is 6.78. The predicted octanol–water partition coefficient (Wildman–Crippen LogP) is 3.28. The van der Waals surface area contributed by atoms with Crippen molar-refractivity contribution in [3.05, 3.63) is 29.3 Å². The zero-order valence-electron chi connectivity index (χ0n) is 18.9. The molecule has 4 unspecified atom stereocenters. The maximum Gasteiger partial charge on any atom is 0.191 e. The van der Waals surface area contributed by atoms with Crippen LogP contribution >= 0.6 is 0 Å². The summed E-state index contributed by atoms with van der Waals surface area (Å²) in [6.45, 7) is 13.4. The molecule has 4 rings (SSSR count). The Morgan fingerprint density at radius 2 is 2.13 bits per heavy atom. The second kappa shape index (κ2) is 9.15. The Morgan fingerprint density at radius 3 is 2.90 bits per heavy atom. The number of ether oxygens (including phenoxy) is 3. The van der Waals surface area contributed by atoms with Gasteiger partial charge in [-0.25, -0.2) is 4.99 Å². The topological polar surface area (TPSA) is 64.1 Å². The van der Waals surface area contributed by atoms with Crippen molar-refractivity contribution in [1.29, 1.82) is 0 Å². The molecule has 1 saturated carbocycles. The molecule has 0 aromatic heterocycles. The Hall–Kier alpha value is -1.79. The van der Waals surface area contributed by atoms with Crippen LogP contribution in [-0.2, 0) is 16.0 Å². The van der Waals surface area contributed by atoms with Crippen LogP contribution in [0.25, 0.3) is 0 Å². The normalized spacial score (nSPS) is 29.9. The molecule has 2 aliphatic heterocycles.